The second kappa shape index (κ2) is 5.32. The topological polar surface area (TPSA) is 59.7 Å². The number of carbonyl (C=O) groups excluding carboxylic acids is 1. The highest BCUT2D eigenvalue weighted by molar-refractivity contribution is 5.89. The fourth-order valence-corrected chi connectivity index (χ4v) is 1.44. The lowest BCUT2D eigenvalue weighted by Gasteiger charge is -2.04. The molecule has 2 aromatic rings. The number of hydrogen-bond acceptors (Lipinski definition) is 4. The zero-order valence-corrected chi connectivity index (χ0v) is 9.13. The largest absolute Gasteiger partial charge is 0.466 e. The summed E-state index contributed by atoms with van der Waals surface area (Å²) in [5, 5.41) is 8.96. The first-order valence-electron chi connectivity index (χ1n) is 5.19. The minimum atomic E-state index is -0.393. The molecule has 0 radical (unpaired) electrons. The van der Waals surface area contributed by atoms with Crippen LogP contribution in [-0.4, -0.2) is 11.1 Å². The maximum absolute atomic E-state index is 11.6. The molecule has 17 heavy (non-hydrogen) atoms. The molecule has 0 saturated heterocycles. The summed E-state index contributed by atoms with van der Waals surface area (Å²) in [4.78, 5) is 11.6. The Bertz CT molecular complexity index is 487. The Labute approximate surface area is 98.4 Å². The standard InChI is InChI=1S/C13H12O4/c14-8-12-11(6-7-16-12)9-17-13(15)10-4-2-1-3-5-10/h1-7,14H,8-9H2. The van der Waals surface area contributed by atoms with Crippen molar-refractivity contribution in [3.8, 4) is 0 Å². The minimum Gasteiger partial charge on any atom is -0.466 e. The smallest absolute Gasteiger partial charge is 0.338 e. The van der Waals surface area contributed by atoms with Crippen molar-refractivity contribution in [1.82, 2.24) is 0 Å². The molecule has 0 atom stereocenters. The average molecular weight is 232 g/mol. The first-order chi connectivity index (χ1) is 8.31. The van der Waals surface area contributed by atoms with Crippen molar-refractivity contribution in [3.05, 3.63) is 59.5 Å². The summed E-state index contributed by atoms with van der Waals surface area (Å²) >= 11 is 0. The SMILES string of the molecule is O=C(OCc1ccoc1CO)c1ccccc1. The van der Waals surface area contributed by atoms with Gasteiger partial charge in [0, 0.05) is 5.56 Å². The van der Waals surface area contributed by atoms with Crippen molar-refractivity contribution in [1.29, 1.82) is 0 Å². The fraction of sp³-hybridized carbons (Fsp3) is 0.154. The number of furan rings is 1. The Morgan fingerprint density at radius 2 is 2.00 bits per heavy atom. The molecule has 0 fully saturated rings. The molecule has 2 rings (SSSR count). The molecule has 4 nitrogen and oxygen atoms in total. The summed E-state index contributed by atoms with van der Waals surface area (Å²) in [5.41, 5.74) is 1.18. The molecule has 0 bridgehead atoms. The molecule has 0 aliphatic rings. The number of carbonyl (C=O) groups is 1. The molecule has 88 valence electrons. The second-order valence-electron chi connectivity index (χ2n) is 3.47. The van der Waals surface area contributed by atoms with Gasteiger partial charge in [0.05, 0.1) is 11.8 Å². The van der Waals surface area contributed by atoms with Gasteiger partial charge in [0.15, 0.2) is 0 Å². The van der Waals surface area contributed by atoms with E-state index in [1.807, 2.05) is 6.07 Å². The first-order valence-corrected chi connectivity index (χ1v) is 5.19. The van der Waals surface area contributed by atoms with Gasteiger partial charge in [0.1, 0.15) is 19.0 Å². The highest BCUT2D eigenvalue weighted by Gasteiger charge is 2.10. The minimum absolute atomic E-state index is 0.0973. The summed E-state index contributed by atoms with van der Waals surface area (Å²) in [7, 11) is 0. The van der Waals surface area contributed by atoms with E-state index in [0.29, 0.717) is 16.9 Å². The van der Waals surface area contributed by atoms with Crippen LogP contribution in [0.3, 0.4) is 0 Å². The van der Waals surface area contributed by atoms with Gasteiger partial charge < -0.3 is 14.3 Å². The number of esters is 1. The highest BCUT2D eigenvalue weighted by Crippen LogP contribution is 2.12. The normalized spacial score (nSPS) is 10.2. The maximum Gasteiger partial charge on any atom is 0.338 e. The summed E-state index contributed by atoms with van der Waals surface area (Å²) in [6.45, 7) is -0.106. The zero-order valence-electron chi connectivity index (χ0n) is 9.13. The van der Waals surface area contributed by atoms with Crippen LogP contribution in [0.25, 0.3) is 0 Å². The molecule has 0 saturated carbocycles. The fourth-order valence-electron chi connectivity index (χ4n) is 1.44. The van der Waals surface area contributed by atoms with Crippen LogP contribution in [0.4, 0.5) is 0 Å². The van der Waals surface area contributed by atoms with Crippen LogP contribution in [0.2, 0.25) is 0 Å². The number of rotatable bonds is 4. The van der Waals surface area contributed by atoms with Gasteiger partial charge in [-0.2, -0.15) is 0 Å². The van der Waals surface area contributed by atoms with Crippen LogP contribution in [-0.2, 0) is 18.0 Å². The predicted molar refractivity (Wildman–Crippen MR) is 60.2 cm³/mol. The number of aliphatic hydroxyl groups excluding tert-OH is 1. The summed E-state index contributed by atoms with van der Waals surface area (Å²) in [5.74, 6) is 0.0292. The van der Waals surface area contributed by atoms with E-state index in [1.165, 1.54) is 6.26 Å². The number of aliphatic hydroxyl groups is 1. The van der Waals surface area contributed by atoms with Crippen LogP contribution >= 0.6 is 0 Å². The van der Waals surface area contributed by atoms with E-state index in [-0.39, 0.29) is 13.2 Å². The molecule has 1 N–H and O–H groups in total. The van der Waals surface area contributed by atoms with E-state index in [9.17, 15) is 4.79 Å². The Morgan fingerprint density at radius 3 is 2.71 bits per heavy atom. The highest BCUT2D eigenvalue weighted by atomic mass is 16.5. The van der Waals surface area contributed by atoms with Gasteiger partial charge in [0.2, 0.25) is 0 Å². The molecular formula is C13H12O4. The quantitative estimate of drug-likeness (QED) is 0.820. The van der Waals surface area contributed by atoms with Crippen molar-refractivity contribution in [2.24, 2.45) is 0 Å². The van der Waals surface area contributed by atoms with Crippen LogP contribution in [0, 0.1) is 0 Å². The van der Waals surface area contributed by atoms with Gasteiger partial charge in [-0.15, -0.1) is 0 Å². The number of hydrogen-bond donors (Lipinski definition) is 1. The van der Waals surface area contributed by atoms with Crippen molar-refractivity contribution in [2.45, 2.75) is 13.2 Å². The maximum atomic E-state index is 11.6. The van der Waals surface area contributed by atoms with E-state index in [4.69, 9.17) is 14.3 Å². The Balaban J connectivity index is 1.97. The molecule has 0 unspecified atom stereocenters. The summed E-state index contributed by atoms with van der Waals surface area (Å²) in [6, 6.07) is 10.4. The number of benzene rings is 1. The van der Waals surface area contributed by atoms with Crippen LogP contribution in [0.1, 0.15) is 21.7 Å². The van der Waals surface area contributed by atoms with Gasteiger partial charge in [-0.05, 0) is 18.2 Å². The van der Waals surface area contributed by atoms with E-state index >= 15 is 0 Å². The third-order valence-electron chi connectivity index (χ3n) is 2.35. The van der Waals surface area contributed by atoms with Gasteiger partial charge >= 0.3 is 5.97 Å². The lowest BCUT2D eigenvalue weighted by molar-refractivity contribution is 0.0468. The summed E-state index contributed by atoms with van der Waals surface area (Å²) < 4.78 is 10.1. The Morgan fingerprint density at radius 1 is 1.24 bits per heavy atom. The van der Waals surface area contributed by atoms with Gasteiger partial charge in [0.25, 0.3) is 0 Å². The van der Waals surface area contributed by atoms with Crippen molar-refractivity contribution >= 4 is 5.97 Å². The first kappa shape index (κ1) is 11.4. The lowest BCUT2D eigenvalue weighted by Crippen LogP contribution is -2.05. The molecule has 4 heteroatoms. The second-order valence-corrected chi connectivity index (χ2v) is 3.47. The molecular weight excluding hydrogens is 220 g/mol. The van der Waals surface area contributed by atoms with Gasteiger partial charge in [-0.25, -0.2) is 4.79 Å². The monoisotopic (exact) mass is 232 g/mol. The van der Waals surface area contributed by atoms with Crippen LogP contribution < -0.4 is 0 Å². The van der Waals surface area contributed by atoms with E-state index in [0.717, 1.165) is 0 Å². The van der Waals surface area contributed by atoms with Gasteiger partial charge in [-0.1, -0.05) is 18.2 Å². The van der Waals surface area contributed by atoms with Crippen LogP contribution in [0.15, 0.2) is 47.1 Å². The molecule has 1 aromatic heterocycles. The van der Waals surface area contributed by atoms with Crippen LogP contribution in [0.5, 0.6) is 0 Å². The molecule has 1 heterocycles. The molecule has 0 amide bonds. The van der Waals surface area contributed by atoms with Crippen molar-refractivity contribution in [3.63, 3.8) is 0 Å². The zero-order chi connectivity index (χ0) is 12.1. The predicted octanol–water partition coefficient (Wildman–Crippen LogP) is 2.13. The van der Waals surface area contributed by atoms with E-state index in [1.54, 1.807) is 30.3 Å². The molecule has 0 aliphatic heterocycles. The third kappa shape index (κ3) is 2.73. The molecule has 1 aromatic carbocycles. The Hall–Kier alpha value is -2.07. The lowest BCUT2D eigenvalue weighted by atomic mass is 10.2. The van der Waals surface area contributed by atoms with Crippen molar-refractivity contribution < 1.29 is 19.1 Å². The molecule has 0 spiro atoms. The third-order valence-corrected chi connectivity index (χ3v) is 2.35. The van der Waals surface area contributed by atoms with E-state index < -0.39 is 5.97 Å². The average Bonchev–Trinajstić information content (AvgIpc) is 2.84. The van der Waals surface area contributed by atoms with Gasteiger partial charge in [-0.3, -0.25) is 0 Å². The Kier molecular flexibility index (Phi) is 3.57. The number of ether oxygens (including phenoxy) is 1. The molecule has 0 aliphatic carbocycles. The van der Waals surface area contributed by atoms with E-state index in [2.05, 4.69) is 0 Å². The van der Waals surface area contributed by atoms with Crippen molar-refractivity contribution in [2.75, 3.05) is 0 Å². The summed E-state index contributed by atoms with van der Waals surface area (Å²) in [6.07, 6.45) is 1.46.